The van der Waals surface area contributed by atoms with Crippen LogP contribution in [0.15, 0.2) is 30.3 Å². The number of esters is 2. The topological polar surface area (TPSA) is 289 Å². The third-order valence-corrected chi connectivity index (χ3v) is 8.28. The van der Waals surface area contributed by atoms with E-state index >= 15 is 0 Å². The maximum atomic E-state index is 13.5. The molecule has 2 heterocycles. The van der Waals surface area contributed by atoms with Crippen molar-refractivity contribution in [3.8, 4) is 11.5 Å². The maximum absolute atomic E-state index is 13.5. The van der Waals surface area contributed by atoms with Crippen LogP contribution < -0.4 is 0 Å². The summed E-state index contributed by atoms with van der Waals surface area (Å²) < 4.78 is 32.3. The fourth-order valence-electron chi connectivity index (χ4n) is 5.83. The van der Waals surface area contributed by atoms with Gasteiger partial charge in [0.05, 0.1) is 30.4 Å². The zero-order valence-electron chi connectivity index (χ0n) is 25.3. The van der Waals surface area contributed by atoms with Crippen LogP contribution in [0.3, 0.4) is 0 Å². The Balaban J connectivity index is 1.54. The molecule has 262 valence electrons. The van der Waals surface area contributed by atoms with E-state index in [1.807, 2.05) is 0 Å². The van der Waals surface area contributed by atoms with E-state index in [-0.39, 0.29) is 5.56 Å². The number of benzene rings is 2. The third-order valence-electron chi connectivity index (χ3n) is 8.28. The number of hydrogen-bond acceptors (Lipinski definition) is 18. The van der Waals surface area contributed by atoms with E-state index in [4.69, 9.17) is 28.4 Å². The van der Waals surface area contributed by atoms with E-state index in [9.17, 15) is 60.3 Å². The Morgan fingerprint density at radius 1 is 0.854 bits per heavy atom. The Morgan fingerprint density at radius 2 is 1.50 bits per heavy atom. The zero-order chi connectivity index (χ0) is 35.2. The van der Waals surface area contributed by atoms with Crippen LogP contribution >= 0.6 is 0 Å². The molecule has 0 saturated carbocycles. The highest BCUT2D eigenvalue weighted by Crippen LogP contribution is 2.48. The minimum absolute atomic E-state index is 0.335. The van der Waals surface area contributed by atoms with Gasteiger partial charge in [-0.2, -0.15) is 0 Å². The molecule has 9 N–H and O–H groups in total. The number of aliphatic hydroxyl groups excluding tert-OH is 6. The molecule has 18 heteroatoms. The lowest BCUT2D eigenvalue weighted by molar-refractivity contribution is -0.382. The number of aromatic hydroxyl groups is 2. The van der Waals surface area contributed by atoms with Crippen molar-refractivity contribution >= 4 is 17.7 Å². The van der Waals surface area contributed by atoms with E-state index in [0.29, 0.717) is 0 Å². The van der Waals surface area contributed by atoms with Crippen molar-refractivity contribution < 1.29 is 88.8 Å². The molecule has 2 fully saturated rings. The summed E-state index contributed by atoms with van der Waals surface area (Å²) in [7, 11) is 1.04. The van der Waals surface area contributed by atoms with Crippen molar-refractivity contribution in [2.45, 2.75) is 74.1 Å². The van der Waals surface area contributed by atoms with Gasteiger partial charge in [0.2, 0.25) is 11.6 Å². The molecule has 3 aliphatic rings. The number of methoxy groups -OCH3 is 1. The average molecular weight is 683 g/mol. The number of aliphatic hydroxyl groups is 7. The van der Waals surface area contributed by atoms with Gasteiger partial charge >= 0.3 is 11.9 Å². The summed E-state index contributed by atoms with van der Waals surface area (Å²) in [5, 5.41) is 96.3. The lowest BCUT2D eigenvalue weighted by atomic mass is 9.78. The van der Waals surface area contributed by atoms with Gasteiger partial charge in [-0.15, -0.1) is 0 Å². The highest BCUT2D eigenvalue weighted by Gasteiger charge is 2.55. The minimum Gasteiger partial charge on any atom is -0.507 e. The summed E-state index contributed by atoms with van der Waals surface area (Å²) in [6.45, 7) is -0.459. The number of phenols is 2. The summed E-state index contributed by atoms with van der Waals surface area (Å²) in [4.78, 5) is 37.6. The molecular weight excluding hydrogens is 648 g/mol. The van der Waals surface area contributed by atoms with Gasteiger partial charge in [0.25, 0.3) is 0 Å². The molecule has 2 saturated heterocycles. The van der Waals surface area contributed by atoms with E-state index in [2.05, 4.69) is 0 Å². The quantitative estimate of drug-likeness (QED) is 0.0980. The second-order valence-electron chi connectivity index (χ2n) is 11.3. The monoisotopic (exact) mass is 682 g/mol. The molecule has 0 radical (unpaired) electrons. The first-order valence-electron chi connectivity index (χ1n) is 14.5. The molecule has 1 aliphatic carbocycles. The summed E-state index contributed by atoms with van der Waals surface area (Å²) in [6, 6.07) is 5.39. The van der Waals surface area contributed by atoms with Crippen molar-refractivity contribution in [3.63, 3.8) is 0 Å². The molecule has 48 heavy (non-hydrogen) atoms. The number of ether oxygens (including phenoxy) is 6. The van der Waals surface area contributed by atoms with Gasteiger partial charge in [0.1, 0.15) is 66.9 Å². The SMILES string of the molecule is COC(=O)c1cc(O)c2c(c1)[C@@](O)(O[C@@H]1O[C@H](COC(C)=O)[C@@H](O[C@@H]3O[C@H](CO)[C@@H](O)[C@H](O)[C@H]3O)[C@H](O)[C@H]1O)c1cccc(O)c1C2=O. The molecule has 0 unspecified atom stereocenters. The van der Waals surface area contributed by atoms with Crippen molar-refractivity contribution in [2.75, 3.05) is 20.3 Å². The van der Waals surface area contributed by atoms with Crippen LogP contribution in [-0.4, -0.2) is 145 Å². The Bertz CT molecular complexity index is 1560. The van der Waals surface area contributed by atoms with Crippen molar-refractivity contribution in [3.05, 3.63) is 58.1 Å². The molecule has 18 nitrogen and oxygen atoms in total. The standard InChI is InChI=1S/C30H34O18/c1-10(32)44-9-17-26(47-28-24(39)22(37)20(35)16(8-31)45-28)23(38)25(40)29(46-17)48-30(42)12-4-3-5-14(33)18(12)21(36)19-13(30)6-11(7-15(19)34)27(41)43-2/h3-7,16-17,20,22-26,28-29,31,33-35,37-40,42H,8-9H2,1-2H3/t16-,17-,20-,22+,23-,24-,25-,26-,28+,29+,30+/m1/s1. The number of ketones is 1. The second-order valence-corrected chi connectivity index (χ2v) is 11.3. The first-order valence-corrected chi connectivity index (χ1v) is 14.5. The summed E-state index contributed by atoms with van der Waals surface area (Å²) in [5.74, 6) is -7.11. The molecule has 2 aliphatic heterocycles. The Labute approximate surface area is 270 Å². The van der Waals surface area contributed by atoms with Crippen molar-refractivity contribution in [1.82, 2.24) is 0 Å². The van der Waals surface area contributed by atoms with Gasteiger partial charge < -0.3 is 74.4 Å². The number of hydrogen-bond donors (Lipinski definition) is 9. The fraction of sp³-hybridized carbons (Fsp3) is 0.500. The van der Waals surface area contributed by atoms with Gasteiger partial charge in [-0.25, -0.2) is 4.79 Å². The number of fused-ring (bicyclic) bond motifs is 2. The van der Waals surface area contributed by atoms with Crippen LogP contribution in [0.1, 0.15) is 44.3 Å². The molecule has 11 atom stereocenters. The summed E-state index contributed by atoms with van der Waals surface area (Å²) in [6.07, 6.45) is -18.4. The summed E-state index contributed by atoms with van der Waals surface area (Å²) >= 11 is 0. The van der Waals surface area contributed by atoms with Gasteiger partial charge in [-0.1, -0.05) is 12.1 Å². The van der Waals surface area contributed by atoms with Gasteiger partial charge in [0, 0.05) is 18.1 Å². The first kappa shape index (κ1) is 35.5. The van der Waals surface area contributed by atoms with E-state index in [1.165, 1.54) is 12.1 Å². The molecule has 0 aromatic heterocycles. The predicted octanol–water partition coefficient (Wildman–Crippen LogP) is -3.17. The van der Waals surface area contributed by atoms with Gasteiger partial charge in [0.15, 0.2) is 12.6 Å². The zero-order valence-corrected chi connectivity index (χ0v) is 25.3. The van der Waals surface area contributed by atoms with Crippen LogP contribution in [-0.2, 0) is 39.0 Å². The molecule has 2 aromatic carbocycles. The molecule has 0 amide bonds. The molecular formula is C30H34O18. The van der Waals surface area contributed by atoms with Crippen LogP contribution in [0, 0.1) is 0 Å². The number of carbonyl (C=O) groups excluding carboxylic acids is 3. The van der Waals surface area contributed by atoms with Gasteiger partial charge in [-0.05, 0) is 18.2 Å². The third kappa shape index (κ3) is 6.12. The van der Waals surface area contributed by atoms with E-state index in [0.717, 1.165) is 32.2 Å². The van der Waals surface area contributed by atoms with Gasteiger partial charge in [-0.3, -0.25) is 9.59 Å². The Kier molecular flexibility index (Phi) is 10.1. The predicted molar refractivity (Wildman–Crippen MR) is 151 cm³/mol. The van der Waals surface area contributed by atoms with Crippen molar-refractivity contribution in [1.29, 1.82) is 0 Å². The second kappa shape index (κ2) is 13.6. The fourth-order valence-corrected chi connectivity index (χ4v) is 5.83. The largest absolute Gasteiger partial charge is 0.507 e. The van der Waals surface area contributed by atoms with Crippen LogP contribution in [0.4, 0.5) is 0 Å². The molecule has 5 rings (SSSR count). The number of phenolic OH excluding ortho intramolecular Hbond substituents is 2. The van der Waals surface area contributed by atoms with Crippen molar-refractivity contribution in [2.24, 2.45) is 0 Å². The average Bonchev–Trinajstić information content (AvgIpc) is 3.05. The summed E-state index contributed by atoms with van der Waals surface area (Å²) in [5.41, 5.74) is -2.39. The molecule has 2 aromatic rings. The highest BCUT2D eigenvalue weighted by atomic mass is 16.8. The lowest BCUT2D eigenvalue weighted by Crippen LogP contribution is -2.65. The first-order chi connectivity index (χ1) is 22.6. The maximum Gasteiger partial charge on any atom is 0.337 e. The van der Waals surface area contributed by atoms with Crippen LogP contribution in [0.5, 0.6) is 11.5 Å². The smallest absolute Gasteiger partial charge is 0.337 e. The molecule has 0 spiro atoms. The van der Waals surface area contributed by atoms with Crippen LogP contribution in [0.2, 0.25) is 0 Å². The molecule has 0 bridgehead atoms. The van der Waals surface area contributed by atoms with E-state index < -0.39 is 132 Å². The van der Waals surface area contributed by atoms with Crippen LogP contribution in [0.25, 0.3) is 0 Å². The Morgan fingerprint density at radius 3 is 2.15 bits per heavy atom. The number of rotatable bonds is 8. The highest BCUT2D eigenvalue weighted by molar-refractivity contribution is 6.16. The minimum atomic E-state index is -2.90. The Hall–Kier alpha value is -3.79. The lowest BCUT2D eigenvalue weighted by Gasteiger charge is -2.47. The normalized spacial score (nSPS) is 34.6. The van der Waals surface area contributed by atoms with E-state index in [1.54, 1.807) is 0 Å². The number of carbonyl (C=O) groups is 3.